The highest BCUT2D eigenvalue weighted by atomic mass is 16.3. The van der Waals surface area contributed by atoms with Crippen LogP contribution in [0, 0.1) is 0 Å². The van der Waals surface area contributed by atoms with Crippen LogP contribution < -0.4 is 10.2 Å². The highest BCUT2D eigenvalue weighted by Gasteiger charge is 2.34. The molecule has 0 aromatic heterocycles. The highest BCUT2D eigenvalue weighted by Crippen LogP contribution is 2.40. The number of hydrogen-bond acceptors (Lipinski definition) is 3. The van der Waals surface area contributed by atoms with E-state index >= 15 is 0 Å². The van der Waals surface area contributed by atoms with Crippen molar-refractivity contribution in [3.05, 3.63) is 29.3 Å². The first-order valence-corrected chi connectivity index (χ1v) is 5.99. The van der Waals surface area contributed by atoms with E-state index in [2.05, 4.69) is 28.4 Å². The Morgan fingerprint density at radius 1 is 1.38 bits per heavy atom. The topological polar surface area (TPSA) is 35.5 Å². The fraction of sp³-hybridized carbons (Fsp3) is 0.538. The minimum Gasteiger partial charge on any atom is -0.385 e. The molecule has 0 fully saturated rings. The van der Waals surface area contributed by atoms with E-state index in [4.69, 9.17) is 0 Å². The second-order valence-corrected chi connectivity index (χ2v) is 5.00. The van der Waals surface area contributed by atoms with Gasteiger partial charge in [0.2, 0.25) is 0 Å². The van der Waals surface area contributed by atoms with Crippen LogP contribution in [0.4, 0.5) is 5.69 Å². The number of nitrogens with zero attached hydrogens (tertiary/aromatic N) is 1. The van der Waals surface area contributed by atoms with Crippen molar-refractivity contribution < 1.29 is 5.11 Å². The molecule has 3 nitrogen and oxygen atoms in total. The van der Waals surface area contributed by atoms with E-state index in [0.29, 0.717) is 0 Å². The lowest BCUT2D eigenvalue weighted by atomic mass is 9.85. The van der Waals surface area contributed by atoms with Gasteiger partial charge in [-0.3, -0.25) is 0 Å². The van der Waals surface area contributed by atoms with Crippen LogP contribution in [0.15, 0.2) is 18.2 Å². The van der Waals surface area contributed by atoms with Crippen molar-refractivity contribution in [2.75, 3.05) is 24.5 Å². The zero-order chi connectivity index (χ0) is 11.2. The van der Waals surface area contributed by atoms with E-state index in [1.165, 1.54) is 11.3 Å². The van der Waals surface area contributed by atoms with Crippen molar-refractivity contribution in [1.82, 2.24) is 5.32 Å². The molecule has 0 saturated heterocycles. The SMILES string of the molecule is CC1(O)CCN2CCNCc3cccc1c32. The molecule has 1 unspecified atom stereocenters. The highest BCUT2D eigenvalue weighted by molar-refractivity contribution is 5.63. The van der Waals surface area contributed by atoms with E-state index in [0.717, 1.165) is 38.2 Å². The molecule has 0 aliphatic carbocycles. The van der Waals surface area contributed by atoms with Gasteiger partial charge in [0.15, 0.2) is 0 Å². The fourth-order valence-corrected chi connectivity index (χ4v) is 2.80. The molecule has 0 bridgehead atoms. The fourth-order valence-electron chi connectivity index (χ4n) is 2.80. The molecule has 0 amide bonds. The van der Waals surface area contributed by atoms with Crippen molar-refractivity contribution >= 4 is 5.69 Å². The molecule has 2 aliphatic rings. The van der Waals surface area contributed by atoms with Gasteiger partial charge in [0.25, 0.3) is 0 Å². The maximum absolute atomic E-state index is 10.4. The van der Waals surface area contributed by atoms with E-state index in [-0.39, 0.29) is 0 Å². The second kappa shape index (κ2) is 3.47. The Morgan fingerprint density at radius 2 is 2.25 bits per heavy atom. The van der Waals surface area contributed by atoms with E-state index in [1.807, 2.05) is 6.92 Å². The molecule has 3 heteroatoms. The van der Waals surface area contributed by atoms with Crippen molar-refractivity contribution in [3.63, 3.8) is 0 Å². The monoisotopic (exact) mass is 218 g/mol. The standard InChI is InChI=1S/C13H18N2O/c1-13(16)5-7-15-8-6-14-9-10-3-2-4-11(13)12(10)15/h2-4,14,16H,5-9H2,1H3. The summed E-state index contributed by atoms with van der Waals surface area (Å²) in [7, 11) is 0. The number of anilines is 1. The summed E-state index contributed by atoms with van der Waals surface area (Å²) in [6.07, 6.45) is 0.823. The summed E-state index contributed by atoms with van der Waals surface area (Å²) < 4.78 is 0. The van der Waals surface area contributed by atoms with E-state index < -0.39 is 5.60 Å². The average molecular weight is 218 g/mol. The van der Waals surface area contributed by atoms with Crippen LogP contribution in [0.5, 0.6) is 0 Å². The molecule has 1 aromatic rings. The van der Waals surface area contributed by atoms with Gasteiger partial charge in [0.1, 0.15) is 0 Å². The minimum atomic E-state index is -0.661. The van der Waals surface area contributed by atoms with Crippen molar-refractivity contribution in [1.29, 1.82) is 0 Å². The van der Waals surface area contributed by atoms with Crippen LogP contribution in [0.25, 0.3) is 0 Å². The van der Waals surface area contributed by atoms with Crippen LogP contribution >= 0.6 is 0 Å². The zero-order valence-electron chi connectivity index (χ0n) is 9.66. The van der Waals surface area contributed by atoms with Crippen LogP contribution in [-0.2, 0) is 12.1 Å². The lowest BCUT2D eigenvalue weighted by Crippen LogP contribution is -2.40. The molecule has 1 aromatic carbocycles. The summed E-state index contributed by atoms with van der Waals surface area (Å²) in [4.78, 5) is 2.41. The third-order valence-electron chi connectivity index (χ3n) is 3.76. The molecule has 0 radical (unpaired) electrons. The Kier molecular flexibility index (Phi) is 2.19. The Balaban J connectivity index is 2.19. The van der Waals surface area contributed by atoms with Gasteiger partial charge in [-0.25, -0.2) is 0 Å². The third-order valence-corrected chi connectivity index (χ3v) is 3.76. The predicted octanol–water partition coefficient (Wildman–Crippen LogP) is 1.21. The Labute approximate surface area is 96.1 Å². The Bertz CT molecular complexity index is 414. The molecule has 2 aliphatic heterocycles. The maximum atomic E-state index is 10.4. The number of para-hydroxylation sites is 1. The summed E-state index contributed by atoms with van der Waals surface area (Å²) in [6.45, 7) is 5.86. The summed E-state index contributed by atoms with van der Waals surface area (Å²) in [5, 5.41) is 13.9. The number of aliphatic hydroxyl groups is 1. The summed E-state index contributed by atoms with van der Waals surface area (Å²) in [5.74, 6) is 0. The first-order chi connectivity index (χ1) is 7.68. The molecule has 0 spiro atoms. The molecule has 2 N–H and O–H groups in total. The summed E-state index contributed by atoms with van der Waals surface area (Å²) in [6, 6.07) is 6.28. The number of rotatable bonds is 0. The van der Waals surface area contributed by atoms with E-state index in [1.54, 1.807) is 0 Å². The smallest absolute Gasteiger partial charge is 0.0905 e. The third kappa shape index (κ3) is 1.43. The first kappa shape index (κ1) is 10.1. The van der Waals surface area contributed by atoms with Crippen LogP contribution in [0.2, 0.25) is 0 Å². The second-order valence-electron chi connectivity index (χ2n) is 5.00. The van der Waals surface area contributed by atoms with Crippen molar-refractivity contribution in [2.24, 2.45) is 0 Å². The van der Waals surface area contributed by atoms with Gasteiger partial charge < -0.3 is 15.3 Å². The van der Waals surface area contributed by atoms with Gasteiger partial charge in [-0.05, 0) is 18.9 Å². The van der Waals surface area contributed by atoms with Crippen molar-refractivity contribution in [3.8, 4) is 0 Å². The van der Waals surface area contributed by atoms with Crippen LogP contribution in [0.1, 0.15) is 24.5 Å². The van der Waals surface area contributed by atoms with Gasteiger partial charge in [0.05, 0.1) is 5.60 Å². The van der Waals surface area contributed by atoms with Crippen molar-refractivity contribution in [2.45, 2.75) is 25.5 Å². The molecule has 3 rings (SSSR count). The average Bonchev–Trinajstić information content (AvgIpc) is 2.47. The lowest BCUT2D eigenvalue weighted by molar-refractivity contribution is 0.0456. The van der Waals surface area contributed by atoms with Crippen LogP contribution in [-0.4, -0.2) is 24.7 Å². The quantitative estimate of drug-likeness (QED) is 0.687. The van der Waals surface area contributed by atoms with Gasteiger partial charge in [0, 0.05) is 37.4 Å². The molecule has 1 atom stereocenters. The molecular formula is C13H18N2O. The van der Waals surface area contributed by atoms with Gasteiger partial charge in [-0.1, -0.05) is 18.2 Å². The molecule has 16 heavy (non-hydrogen) atoms. The first-order valence-electron chi connectivity index (χ1n) is 5.99. The number of hydrogen-bond donors (Lipinski definition) is 2. The summed E-state index contributed by atoms with van der Waals surface area (Å²) in [5.41, 5.74) is 3.02. The minimum absolute atomic E-state index is 0.661. The predicted molar refractivity (Wildman–Crippen MR) is 64.5 cm³/mol. The normalized spacial score (nSPS) is 28.5. The molecule has 2 heterocycles. The number of nitrogens with one attached hydrogen (secondary N) is 1. The molecular weight excluding hydrogens is 200 g/mol. The van der Waals surface area contributed by atoms with Gasteiger partial charge in [-0.2, -0.15) is 0 Å². The largest absolute Gasteiger partial charge is 0.385 e. The lowest BCUT2D eigenvalue weighted by Gasteiger charge is -2.39. The molecule has 86 valence electrons. The number of benzene rings is 1. The van der Waals surface area contributed by atoms with Gasteiger partial charge in [-0.15, -0.1) is 0 Å². The Hall–Kier alpha value is -1.06. The maximum Gasteiger partial charge on any atom is 0.0905 e. The van der Waals surface area contributed by atoms with Gasteiger partial charge >= 0.3 is 0 Å². The molecule has 0 saturated carbocycles. The summed E-state index contributed by atoms with van der Waals surface area (Å²) >= 11 is 0. The van der Waals surface area contributed by atoms with Crippen LogP contribution in [0.3, 0.4) is 0 Å². The Morgan fingerprint density at radius 3 is 3.12 bits per heavy atom. The van der Waals surface area contributed by atoms with E-state index in [9.17, 15) is 5.11 Å². The zero-order valence-corrected chi connectivity index (χ0v) is 9.66.